The first-order valence-corrected chi connectivity index (χ1v) is 10.2. The molecule has 0 aliphatic rings. The lowest BCUT2D eigenvalue weighted by Gasteiger charge is -2.22. The molecule has 0 radical (unpaired) electrons. The van der Waals surface area contributed by atoms with E-state index < -0.39 is 0 Å². The summed E-state index contributed by atoms with van der Waals surface area (Å²) >= 11 is 7.95. The fraction of sp³-hybridized carbons (Fsp3) is 0.238. The number of aromatic nitrogens is 3. The van der Waals surface area contributed by atoms with Gasteiger partial charge in [-0.1, -0.05) is 53.3 Å². The maximum absolute atomic E-state index is 6.24. The van der Waals surface area contributed by atoms with Crippen LogP contribution in [0.2, 0.25) is 5.02 Å². The number of halogens is 1. The molecule has 27 heavy (non-hydrogen) atoms. The van der Waals surface area contributed by atoms with Crippen LogP contribution >= 0.6 is 22.9 Å². The Labute approximate surface area is 168 Å². The predicted molar refractivity (Wildman–Crippen MR) is 114 cm³/mol. The maximum Gasteiger partial charge on any atom is 0.186 e. The van der Waals surface area contributed by atoms with Gasteiger partial charge in [-0.3, -0.25) is 0 Å². The van der Waals surface area contributed by atoms with Gasteiger partial charge in [0.15, 0.2) is 5.13 Å². The molecule has 0 saturated carbocycles. The smallest absolute Gasteiger partial charge is 0.186 e. The van der Waals surface area contributed by atoms with Gasteiger partial charge in [0.1, 0.15) is 0 Å². The van der Waals surface area contributed by atoms with Crippen LogP contribution in [0.5, 0.6) is 0 Å². The van der Waals surface area contributed by atoms with Gasteiger partial charge in [-0.25, -0.2) is 9.97 Å². The van der Waals surface area contributed by atoms with Gasteiger partial charge in [0.2, 0.25) is 0 Å². The van der Waals surface area contributed by atoms with E-state index in [0.717, 1.165) is 52.0 Å². The highest BCUT2D eigenvalue weighted by Crippen LogP contribution is 2.33. The summed E-state index contributed by atoms with van der Waals surface area (Å²) in [5.41, 5.74) is 3.46. The Kier molecular flexibility index (Phi) is 5.41. The number of imidazole rings is 1. The summed E-state index contributed by atoms with van der Waals surface area (Å²) in [5.74, 6) is 0. The largest absolute Gasteiger partial charge is 0.344 e. The number of hydrogen-bond acceptors (Lipinski definition) is 4. The van der Waals surface area contributed by atoms with Crippen LogP contribution in [0.3, 0.4) is 0 Å². The lowest BCUT2D eigenvalue weighted by molar-refractivity contribution is 0.620. The summed E-state index contributed by atoms with van der Waals surface area (Å²) in [7, 11) is 0. The first-order valence-electron chi connectivity index (χ1n) is 9.00. The number of rotatable bonds is 7. The van der Waals surface area contributed by atoms with Gasteiger partial charge in [-0.2, -0.15) is 0 Å². The van der Waals surface area contributed by atoms with E-state index in [9.17, 15) is 0 Å². The van der Waals surface area contributed by atoms with E-state index in [1.165, 1.54) is 5.56 Å². The summed E-state index contributed by atoms with van der Waals surface area (Å²) in [6, 6.07) is 14.5. The first kappa shape index (κ1) is 18.0. The average Bonchev–Trinajstić information content (AvgIpc) is 3.31. The SMILES string of the molecule is Cc1cc(Cl)cc2sc(N(CCCn3ccnc3)Cc3ccccc3)nc12. The lowest BCUT2D eigenvalue weighted by Crippen LogP contribution is -2.24. The van der Waals surface area contributed by atoms with Gasteiger partial charge in [-0.05, 0) is 36.6 Å². The van der Waals surface area contributed by atoms with Gasteiger partial charge in [0.25, 0.3) is 0 Å². The van der Waals surface area contributed by atoms with Gasteiger partial charge >= 0.3 is 0 Å². The van der Waals surface area contributed by atoms with E-state index in [0.29, 0.717) is 0 Å². The van der Waals surface area contributed by atoms with Gasteiger partial charge in [0.05, 0.1) is 16.5 Å². The molecule has 0 bridgehead atoms. The van der Waals surface area contributed by atoms with E-state index in [1.54, 1.807) is 11.3 Å². The molecule has 6 heteroatoms. The Morgan fingerprint density at radius 3 is 2.81 bits per heavy atom. The second-order valence-electron chi connectivity index (χ2n) is 6.63. The summed E-state index contributed by atoms with van der Waals surface area (Å²) in [4.78, 5) is 11.4. The van der Waals surface area contributed by atoms with Gasteiger partial charge in [0, 0.05) is 37.1 Å². The zero-order valence-electron chi connectivity index (χ0n) is 15.2. The average molecular weight is 397 g/mol. The third-order valence-electron chi connectivity index (χ3n) is 4.53. The zero-order valence-corrected chi connectivity index (χ0v) is 16.7. The fourth-order valence-corrected chi connectivity index (χ4v) is 4.63. The van der Waals surface area contributed by atoms with Crippen molar-refractivity contribution in [1.29, 1.82) is 0 Å². The molecular formula is C21H21ClN4S. The molecule has 138 valence electrons. The minimum atomic E-state index is 0.768. The molecule has 0 aliphatic carbocycles. The number of thiazole rings is 1. The molecule has 0 amide bonds. The molecule has 4 rings (SSSR count). The molecular weight excluding hydrogens is 376 g/mol. The monoisotopic (exact) mass is 396 g/mol. The van der Waals surface area contributed by atoms with Crippen molar-refractivity contribution in [2.24, 2.45) is 0 Å². The molecule has 4 aromatic rings. The van der Waals surface area contributed by atoms with Crippen LogP contribution in [0.1, 0.15) is 17.5 Å². The van der Waals surface area contributed by atoms with Crippen LogP contribution in [0.4, 0.5) is 5.13 Å². The number of hydrogen-bond donors (Lipinski definition) is 0. The minimum Gasteiger partial charge on any atom is -0.344 e. The molecule has 2 heterocycles. The highest BCUT2D eigenvalue weighted by molar-refractivity contribution is 7.22. The summed E-state index contributed by atoms with van der Waals surface area (Å²) < 4.78 is 3.26. The van der Waals surface area contributed by atoms with E-state index in [1.807, 2.05) is 30.9 Å². The van der Waals surface area contributed by atoms with Crippen LogP contribution in [-0.4, -0.2) is 21.1 Å². The van der Waals surface area contributed by atoms with Gasteiger partial charge in [-0.15, -0.1) is 0 Å². The number of nitrogens with zero attached hydrogens (tertiary/aromatic N) is 4. The lowest BCUT2D eigenvalue weighted by atomic mass is 10.2. The molecule has 0 N–H and O–H groups in total. The molecule has 4 nitrogen and oxygen atoms in total. The van der Waals surface area contributed by atoms with Crippen molar-refractivity contribution in [3.63, 3.8) is 0 Å². The molecule has 0 aliphatic heterocycles. The molecule has 0 unspecified atom stereocenters. The summed E-state index contributed by atoms with van der Waals surface area (Å²) in [6.07, 6.45) is 6.72. The highest BCUT2D eigenvalue weighted by Gasteiger charge is 2.14. The zero-order chi connectivity index (χ0) is 18.6. The van der Waals surface area contributed by atoms with E-state index >= 15 is 0 Å². The Hall–Kier alpha value is -2.37. The Balaban J connectivity index is 1.59. The molecule has 2 aromatic heterocycles. The van der Waals surface area contributed by atoms with Crippen LogP contribution in [0, 0.1) is 6.92 Å². The second-order valence-corrected chi connectivity index (χ2v) is 8.07. The predicted octanol–water partition coefficient (Wildman–Crippen LogP) is 5.55. The first-order chi connectivity index (χ1) is 13.2. The highest BCUT2D eigenvalue weighted by atomic mass is 35.5. The van der Waals surface area contributed by atoms with Crippen molar-refractivity contribution in [3.05, 3.63) is 77.3 Å². The van der Waals surface area contributed by atoms with Crippen LogP contribution in [0.15, 0.2) is 61.2 Å². The number of fused-ring (bicyclic) bond motifs is 1. The van der Waals surface area contributed by atoms with E-state index in [-0.39, 0.29) is 0 Å². The third-order valence-corrected chi connectivity index (χ3v) is 5.81. The van der Waals surface area contributed by atoms with Crippen molar-refractivity contribution in [2.45, 2.75) is 26.4 Å². The maximum atomic E-state index is 6.24. The minimum absolute atomic E-state index is 0.768. The summed E-state index contributed by atoms with van der Waals surface area (Å²) in [6.45, 7) is 4.79. The van der Waals surface area contributed by atoms with Crippen molar-refractivity contribution in [3.8, 4) is 0 Å². The topological polar surface area (TPSA) is 34.0 Å². The van der Waals surface area contributed by atoms with Gasteiger partial charge < -0.3 is 9.47 Å². The second kappa shape index (κ2) is 8.11. The van der Waals surface area contributed by atoms with E-state index in [2.05, 4.69) is 51.7 Å². The van der Waals surface area contributed by atoms with Crippen molar-refractivity contribution in [2.75, 3.05) is 11.4 Å². The standard InChI is InChI=1S/C21H21ClN4S/c1-16-12-18(22)13-19-20(16)24-21(27-19)26(14-17-6-3-2-4-7-17)10-5-9-25-11-8-23-15-25/h2-4,6-8,11-13,15H,5,9-10,14H2,1H3. The summed E-state index contributed by atoms with van der Waals surface area (Å²) in [5, 5.41) is 1.81. The Morgan fingerprint density at radius 1 is 1.19 bits per heavy atom. The fourth-order valence-electron chi connectivity index (χ4n) is 3.19. The van der Waals surface area contributed by atoms with Crippen molar-refractivity contribution in [1.82, 2.24) is 14.5 Å². The van der Waals surface area contributed by atoms with E-state index in [4.69, 9.17) is 16.6 Å². The quantitative estimate of drug-likeness (QED) is 0.410. The Morgan fingerprint density at radius 2 is 2.04 bits per heavy atom. The molecule has 0 fully saturated rings. The number of aryl methyl sites for hydroxylation is 2. The number of benzene rings is 2. The van der Waals surface area contributed by atoms with Crippen LogP contribution < -0.4 is 4.90 Å². The van der Waals surface area contributed by atoms with Crippen molar-refractivity contribution >= 4 is 38.3 Å². The number of anilines is 1. The molecule has 2 aromatic carbocycles. The molecule has 0 spiro atoms. The Bertz CT molecular complexity index is 1010. The third kappa shape index (κ3) is 4.31. The van der Waals surface area contributed by atoms with Crippen LogP contribution in [0.25, 0.3) is 10.2 Å². The van der Waals surface area contributed by atoms with Crippen molar-refractivity contribution < 1.29 is 0 Å². The molecule has 0 atom stereocenters. The normalized spacial score (nSPS) is 11.2. The van der Waals surface area contributed by atoms with Crippen LogP contribution in [-0.2, 0) is 13.1 Å². The molecule has 0 saturated heterocycles.